The van der Waals surface area contributed by atoms with Crippen LogP contribution >= 0.6 is 23.2 Å². The van der Waals surface area contributed by atoms with E-state index in [1.54, 1.807) is 0 Å². The fraction of sp³-hybridized carbons (Fsp3) is 0.190. The van der Waals surface area contributed by atoms with Gasteiger partial charge >= 0.3 is 5.97 Å². The zero-order valence-corrected chi connectivity index (χ0v) is 17.7. The van der Waals surface area contributed by atoms with E-state index in [1.165, 1.54) is 19.2 Å². The third kappa shape index (κ3) is 4.58. The Labute approximate surface area is 182 Å². The minimum atomic E-state index is -0.674. The van der Waals surface area contributed by atoms with E-state index in [0.717, 1.165) is 16.5 Å². The summed E-state index contributed by atoms with van der Waals surface area (Å²) in [4.78, 5) is 28.0. The number of benzene rings is 2. The molecule has 0 saturated heterocycles. The van der Waals surface area contributed by atoms with Crippen LogP contribution in [0.4, 0.5) is 0 Å². The summed E-state index contributed by atoms with van der Waals surface area (Å²) in [5.74, 6) is -1.07. The largest absolute Gasteiger partial charge is 0.493 e. The normalized spacial score (nSPS) is 10.7. The van der Waals surface area contributed by atoms with Crippen molar-refractivity contribution >= 4 is 46.0 Å². The maximum absolute atomic E-state index is 12.6. The molecule has 1 heterocycles. The number of amides is 1. The van der Waals surface area contributed by atoms with E-state index in [9.17, 15) is 9.59 Å². The van der Waals surface area contributed by atoms with Crippen LogP contribution in [0.1, 0.15) is 21.6 Å². The van der Waals surface area contributed by atoms with Gasteiger partial charge in [-0.15, -0.1) is 0 Å². The molecule has 0 atom stereocenters. The van der Waals surface area contributed by atoms with Gasteiger partial charge in [-0.1, -0.05) is 41.4 Å². The van der Waals surface area contributed by atoms with Crippen LogP contribution in [0.15, 0.2) is 36.4 Å². The molecule has 1 amide bonds. The third-order valence-electron chi connectivity index (χ3n) is 4.31. The molecule has 9 heteroatoms. The van der Waals surface area contributed by atoms with Gasteiger partial charge in [0.1, 0.15) is 6.61 Å². The van der Waals surface area contributed by atoms with Crippen LogP contribution in [0.5, 0.6) is 11.5 Å². The number of hydrogen-bond donors (Lipinski definition) is 1. The van der Waals surface area contributed by atoms with Crippen molar-refractivity contribution in [2.75, 3.05) is 13.7 Å². The highest BCUT2D eigenvalue weighted by Crippen LogP contribution is 2.36. The van der Waals surface area contributed by atoms with Gasteiger partial charge in [0, 0.05) is 5.39 Å². The second kappa shape index (κ2) is 9.19. The topological polar surface area (TPSA) is 101 Å². The zero-order chi connectivity index (χ0) is 21.8. The van der Waals surface area contributed by atoms with Crippen LogP contribution in [-0.4, -0.2) is 30.6 Å². The minimum Gasteiger partial charge on any atom is -0.493 e. The molecule has 0 aliphatic heterocycles. The van der Waals surface area contributed by atoms with E-state index in [-0.39, 0.29) is 35.3 Å². The highest BCUT2D eigenvalue weighted by atomic mass is 35.5. The van der Waals surface area contributed by atoms with Gasteiger partial charge in [0.2, 0.25) is 0 Å². The summed E-state index contributed by atoms with van der Waals surface area (Å²) in [7, 11) is 1.37. The van der Waals surface area contributed by atoms with Crippen LogP contribution in [0.3, 0.4) is 0 Å². The number of carbonyl (C=O) groups is 2. The van der Waals surface area contributed by atoms with E-state index < -0.39 is 11.9 Å². The monoisotopic (exact) mass is 448 g/mol. The van der Waals surface area contributed by atoms with E-state index in [2.05, 4.69) is 4.98 Å². The van der Waals surface area contributed by atoms with Crippen molar-refractivity contribution in [2.24, 2.45) is 5.73 Å². The second-order valence-corrected chi connectivity index (χ2v) is 7.12. The number of rotatable bonds is 7. The molecule has 0 bridgehead atoms. The number of pyridine rings is 1. The quantitative estimate of drug-likeness (QED) is 0.546. The molecule has 0 fully saturated rings. The number of primary amides is 1. The molecule has 0 unspecified atom stereocenters. The Morgan fingerprint density at radius 2 is 1.90 bits per heavy atom. The number of fused-ring (bicyclic) bond motifs is 1. The van der Waals surface area contributed by atoms with Gasteiger partial charge in [0.05, 0.1) is 33.9 Å². The third-order valence-corrected chi connectivity index (χ3v) is 5.09. The molecule has 3 aromatic rings. The maximum atomic E-state index is 12.6. The molecule has 0 radical (unpaired) electrons. The molecule has 156 valence electrons. The lowest BCUT2D eigenvalue weighted by Gasteiger charge is -2.14. The first-order chi connectivity index (χ1) is 14.3. The predicted octanol–water partition coefficient (Wildman–Crippen LogP) is 4.08. The smallest absolute Gasteiger partial charge is 0.338 e. The summed E-state index contributed by atoms with van der Waals surface area (Å²) in [6, 6.07) is 10.3. The summed E-state index contributed by atoms with van der Waals surface area (Å²) in [5.41, 5.74) is 7.27. The summed E-state index contributed by atoms with van der Waals surface area (Å²) in [6.45, 7) is 1.38. The fourth-order valence-electron chi connectivity index (χ4n) is 2.85. The van der Waals surface area contributed by atoms with E-state index in [1.807, 2.05) is 31.2 Å². The Bertz CT molecular complexity index is 1130. The van der Waals surface area contributed by atoms with Crippen molar-refractivity contribution in [3.05, 3.63) is 63.3 Å². The average Bonchev–Trinajstić information content (AvgIpc) is 2.73. The number of hydrogen-bond acceptors (Lipinski definition) is 6. The zero-order valence-electron chi connectivity index (χ0n) is 16.2. The Balaban J connectivity index is 1.81. The fourth-order valence-corrected chi connectivity index (χ4v) is 3.32. The predicted molar refractivity (Wildman–Crippen MR) is 113 cm³/mol. The first kappa shape index (κ1) is 21.7. The summed E-state index contributed by atoms with van der Waals surface area (Å²) >= 11 is 12.6. The number of ether oxygens (including phenoxy) is 3. The Morgan fingerprint density at radius 1 is 1.17 bits per heavy atom. The highest BCUT2D eigenvalue weighted by molar-refractivity contribution is 6.33. The van der Waals surface area contributed by atoms with E-state index in [0.29, 0.717) is 10.7 Å². The molecule has 3 rings (SSSR count). The minimum absolute atomic E-state index is 0.0697. The molecule has 2 N–H and O–H groups in total. The van der Waals surface area contributed by atoms with Crippen molar-refractivity contribution in [1.82, 2.24) is 4.98 Å². The highest BCUT2D eigenvalue weighted by Gasteiger charge is 2.19. The first-order valence-corrected chi connectivity index (χ1v) is 9.57. The van der Waals surface area contributed by atoms with Gasteiger partial charge in [-0.05, 0) is 30.7 Å². The number of methoxy groups -OCH3 is 1. The molecular weight excluding hydrogens is 431 g/mol. The number of nitrogens with two attached hydrogens (primary N) is 1. The molecule has 0 aliphatic rings. The molecule has 1 aromatic heterocycles. The number of nitrogens with zero attached hydrogens (tertiary/aromatic N) is 1. The number of carbonyl (C=O) groups excluding carboxylic acids is 2. The molecule has 0 aliphatic carbocycles. The maximum Gasteiger partial charge on any atom is 0.338 e. The number of esters is 1. The van der Waals surface area contributed by atoms with Crippen LogP contribution < -0.4 is 15.2 Å². The molecule has 0 saturated carbocycles. The van der Waals surface area contributed by atoms with Crippen LogP contribution in [0, 0.1) is 6.92 Å². The second-order valence-electron chi connectivity index (χ2n) is 6.34. The van der Waals surface area contributed by atoms with Gasteiger partial charge in [-0.3, -0.25) is 4.79 Å². The standard InChI is InChI=1S/C21H18Cl2N2O5/c1-11-13-5-3-4-6-15(13)25-16(19(11)23)9-30-21(27)12-7-14(22)20(17(8-12)28-2)29-10-18(24)26/h3-8H,9-10H2,1-2H3,(H2,24,26). The Morgan fingerprint density at radius 3 is 2.60 bits per heavy atom. The number of aryl methyl sites for hydroxylation is 1. The summed E-state index contributed by atoms with van der Waals surface area (Å²) in [5, 5.41) is 1.44. The lowest BCUT2D eigenvalue weighted by atomic mass is 10.1. The molecule has 7 nitrogen and oxygen atoms in total. The Hall–Kier alpha value is -3.03. The summed E-state index contributed by atoms with van der Waals surface area (Å²) in [6.07, 6.45) is 0. The number of halogens is 2. The molecule has 2 aromatic carbocycles. The lowest BCUT2D eigenvalue weighted by molar-refractivity contribution is -0.119. The van der Waals surface area contributed by atoms with Gasteiger partial charge in [-0.2, -0.15) is 0 Å². The van der Waals surface area contributed by atoms with Crippen molar-refractivity contribution in [1.29, 1.82) is 0 Å². The first-order valence-electron chi connectivity index (χ1n) is 8.81. The van der Waals surface area contributed by atoms with Crippen molar-refractivity contribution in [2.45, 2.75) is 13.5 Å². The van der Waals surface area contributed by atoms with Crippen molar-refractivity contribution in [3.63, 3.8) is 0 Å². The number of aromatic nitrogens is 1. The Kier molecular flexibility index (Phi) is 6.64. The molecule has 30 heavy (non-hydrogen) atoms. The number of para-hydroxylation sites is 1. The van der Waals surface area contributed by atoms with Crippen LogP contribution in [0.25, 0.3) is 10.9 Å². The van der Waals surface area contributed by atoms with Crippen LogP contribution in [-0.2, 0) is 16.1 Å². The molecule has 0 spiro atoms. The van der Waals surface area contributed by atoms with Gasteiger partial charge in [0.15, 0.2) is 18.1 Å². The van der Waals surface area contributed by atoms with E-state index in [4.69, 9.17) is 43.1 Å². The summed E-state index contributed by atoms with van der Waals surface area (Å²) < 4.78 is 15.8. The lowest BCUT2D eigenvalue weighted by Crippen LogP contribution is -2.20. The van der Waals surface area contributed by atoms with Crippen molar-refractivity contribution < 1.29 is 23.8 Å². The van der Waals surface area contributed by atoms with Gasteiger partial charge < -0.3 is 19.9 Å². The van der Waals surface area contributed by atoms with Crippen LogP contribution in [0.2, 0.25) is 10.0 Å². The van der Waals surface area contributed by atoms with Gasteiger partial charge in [-0.25, -0.2) is 9.78 Å². The average molecular weight is 449 g/mol. The van der Waals surface area contributed by atoms with Gasteiger partial charge in [0.25, 0.3) is 5.91 Å². The van der Waals surface area contributed by atoms with E-state index >= 15 is 0 Å². The SMILES string of the molecule is COc1cc(C(=O)OCc2nc3ccccc3c(C)c2Cl)cc(Cl)c1OCC(N)=O. The molecular formula is C21H18Cl2N2O5. The van der Waals surface area contributed by atoms with Crippen molar-refractivity contribution in [3.8, 4) is 11.5 Å².